The van der Waals surface area contributed by atoms with Crippen LogP contribution in [0.5, 0.6) is 0 Å². The van der Waals surface area contributed by atoms with Crippen molar-refractivity contribution in [2.75, 3.05) is 12.4 Å². The highest BCUT2D eigenvalue weighted by atomic mass is 35.5. The number of nitrogens with one attached hydrogen (secondary N) is 1. The van der Waals surface area contributed by atoms with Gasteiger partial charge in [-0.05, 0) is 42.0 Å². The lowest BCUT2D eigenvalue weighted by Gasteiger charge is -2.12. The molecule has 0 spiro atoms. The average molecular weight is 422 g/mol. The Labute approximate surface area is 178 Å². The van der Waals surface area contributed by atoms with E-state index in [1.807, 2.05) is 48.5 Å². The highest BCUT2D eigenvalue weighted by Gasteiger charge is 2.15. The predicted octanol–water partition coefficient (Wildman–Crippen LogP) is 4.57. The van der Waals surface area contributed by atoms with Crippen LogP contribution in [-0.4, -0.2) is 22.2 Å². The maximum atomic E-state index is 12.8. The Kier molecular flexibility index (Phi) is 5.33. The molecule has 1 N–H and O–H groups in total. The molecule has 0 aliphatic rings. The number of aryl methyl sites for hydroxylation is 1. The molecular formula is C23H20ClN3O3. The number of carbonyl (C=O) groups excluding carboxylic acids is 1. The normalized spacial score (nSPS) is 10.9. The van der Waals surface area contributed by atoms with Gasteiger partial charge in [-0.25, -0.2) is 9.59 Å². The van der Waals surface area contributed by atoms with Gasteiger partial charge in [-0.3, -0.25) is 9.13 Å². The minimum atomic E-state index is -0.484. The van der Waals surface area contributed by atoms with Crippen LogP contribution in [0.25, 0.3) is 11.0 Å². The fraction of sp³-hybridized carbons (Fsp3) is 0.130. The molecule has 0 aliphatic heterocycles. The number of ether oxygens (including phenoxy) is 1. The second-order valence-corrected chi connectivity index (χ2v) is 7.36. The van der Waals surface area contributed by atoms with E-state index in [-0.39, 0.29) is 5.69 Å². The number of carbonyl (C=O) groups is 1. The van der Waals surface area contributed by atoms with Crippen LogP contribution in [0, 0.1) is 0 Å². The number of nitrogens with zero attached hydrogens (tertiary/aromatic N) is 2. The summed E-state index contributed by atoms with van der Waals surface area (Å²) in [6, 6.07) is 20.5. The van der Waals surface area contributed by atoms with E-state index in [1.165, 1.54) is 7.11 Å². The predicted molar refractivity (Wildman–Crippen MR) is 119 cm³/mol. The topological polar surface area (TPSA) is 65.3 Å². The molecular weight excluding hydrogens is 402 g/mol. The van der Waals surface area contributed by atoms with Crippen LogP contribution in [-0.2, 0) is 18.3 Å². The van der Waals surface area contributed by atoms with Crippen LogP contribution < -0.4 is 11.0 Å². The summed E-state index contributed by atoms with van der Waals surface area (Å²) >= 11 is 6.03. The molecule has 0 saturated carbocycles. The van der Waals surface area contributed by atoms with Gasteiger partial charge in [0.15, 0.2) is 0 Å². The zero-order chi connectivity index (χ0) is 21.3. The van der Waals surface area contributed by atoms with Gasteiger partial charge < -0.3 is 10.1 Å². The number of halogens is 1. The van der Waals surface area contributed by atoms with Gasteiger partial charge in [0.25, 0.3) is 0 Å². The second kappa shape index (κ2) is 8.08. The highest BCUT2D eigenvalue weighted by Crippen LogP contribution is 2.27. The van der Waals surface area contributed by atoms with E-state index < -0.39 is 5.97 Å². The number of benzene rings is 3. The maximum absolute atomic E-state index is 12.8. The fourth-order valence-electron chi connectivity index (χ4n) is 3.46. The van der Waals surface area contributed by atoms with Gasteiger partial charge in [-0.15, -0.1) is 0 Å². The summed E-state index contributed by atoms with van der Waals surface area (Å²) < 4.78 is 8.21. The van der Waals surface area contributed by atoms with Gasteiger partial charge in [0.05, 0.1) is 35.9 Å². The first-order valence-corrected chi connectivity index (χ1v) is 9.74. The van der Waals surface area contributed by atoms with Crippen molar-refractivity contribution in [2.45, 2.75) is 6.54 Å². The van der Waals surface area contributed by atoms with E-state index >= 15 is 0 Å². The van der Waals surface area contributed by atoms with Crippen LogP contribution in [0.4, 0.5) is 11.4 Å². The van der Waals surface area contributed by atoms with Crippen LogP contribution in [0.3, 0.4) is 0 Å². The summed E-state index contributed by atoms with van der Waals surface area (Å²) in [5, 5.41) is 3.67. The number of hydrogen-bond acceptors (Lipinski definition) is 4. The van der Waals surface area contributed by atoms with E-state index in [1.54, 1.807) is 34.4 Å². The van der Waals surface area contributed by atoms with Crippen LogP contribution in [0.1, 0.15) is 15.9 Å². The first kappa shape index (κ1) is 19.8. The molecule has 4 aromatic rings. The lowest BCUT2D eigenvalue weighted by atomic mass is 10.1. The quantitative estimate of drug-likeness (QED) is 0.479. The molecule has 7 heteroatoms. The number of esters is 1. The lowest BCUT2D eigenvalue weighted by Crippen LogP contribution is -2.22. The van der Waals surface area contributed by atoms with Gasteiger partial charge in [-0.1, -0.05) is 41.9 Å². The van der Waals surface area contributed by atoms with Crippen molar-refractivity contribution in [2.24, 2.45) is 7.05 Å². The molecule has 1 heterocycles. The largest absolute Gasteiger partial charge is 0.465 e. The number of aromatic nitrogens is 2. The third kappa shape index (κ3) is 3.69. The molecule has 1 aromatic heterocycles. The third-order valence-corrected chi connectivity index (χ3v) is 5.23. The van der Waals surface area contributed by atoms with Crippen molar-refractivity contribution in [3.05, 3.63) is 93.4 Å². The van der Waals surface area contributed by atoms with E-state index in [4.69, 9.17) is 16.3 Å². The second-order valence-electron chi connectivity index (χ2n) is 6.92. The smallest absolute Gasteiger partial charge is 0.340 e. The Morgan fingerprint density at radius 2 is 1.80 bits per heavy atom. The molecule has 0 atom stereocenters. The molecule has 0 saturated heterocycles. The number of anilines is 2. The van der Waals surface area contributed by atoms with Gasteiger partial charge in [-0.2, -0.15) is 0 Å². The van der Waals surface area contributed by atoms with E-state index in [2.05, 4.69) is 5.32 Å². The maximum Gasteiger partial charge on any atom is 0.340 e. The molecule has 0 amide bonds. The van der Waals surface area contributed by atoms with E-state index in [0.717, 1.165) is 22.3 Å². The minimum absolute atomic E-state index is 0.0901. The Morgan fingerprint density at radius 1 is 1.03 bits per heavy atom. The van der Waals surface area contributed by atoms with Crippen molar-refractivity contribution in [3.8, 4) is 0 Å². The molecule has 0 radical (unpaired) electrons. The van der Waals surface area contributed by atoms with Crippen molar-refractivity contribution >= 4 is 40.0 Å². The van der Waals surface area contributed by atoms with Gasteiger partial charge in [0.2, 0.25) is 0 Å². The van der Waals surface area contributed by atoms with Crippen molar-refractivity contribution in [3.63, 3.8) is 0 Å². The zero-order valence-electron chi connectivity index (χ0n) is 16.6. The van der Waals surface area contributed by atoms with E-state index in [9.17, 15) is 9.59 Å². The van der Waals surface area contributed by atoms with Crippen LogP contribution in [0.15, 0.2) is 71.5 Å². The Hall–Kier alpha value is -3.51. The molecule has 152 valence electrons. The number of hydrogen-bond donors (Lipinski definition) is 1. The first-order valence-electron chi connectivity index (χ1n) is 9.36. The Bertz CT molecular complexity index is 1290. The summed E-state index contributed by atoms with van der Waals surface area (Å²) in [4.78, 5) is 24.9. The van der Waals surface area contributed by atoms with Gasteiger partial charge in [0.1, 0.15) is 0 Å². The minimum Gasteiger partial charge on any atom is -0.465 e. The monoisotopic (exact) mass is 421 g/mol. The zero-order valence-corrected chi connectivity index (χ0v) is 17.3. The molecule has 0 bridgehead atoms. The number of rotatable bonds is 5. The van der Waals surface area contributed by atoms with Crippen molar-refractivity contribution < 1.29 is 9.53 Å². The van der Waals surface area contributed by atoms with Crippen molar-refractivity contribution in [1.82, 2.24) is 9.13 Å². The number of methoxy groups -OCH3 is 1. The third-order valence-electron chi connectivity index (χ3n) is 4.99. The van der Waals surface area contributed by atoms with Crippen molar-refractivity contribution in [1.29, 1.82) is 0 Å². The van der Waals surface area contributed by atoms with E-state index in [0.29, 0.717) is 22.8 Å². The molecule has 30 heavy (non-hydrogen) atoms. The summed E-state index contributed by atoms with van der Waals surface area (Å²) in [6.45, 7) is 0.494. The molecule has 3 aromatic carbocycles. The summed E-state index contributed by atoms with van der Waals surface area (Å²) in [7, 11) is 3.07. The van der Waals surface area contributed by atoms with Crippen LogP contribution >= 0.6 is 11.6 Å². The molecule has 0 aliphatic carbocycles. The fourth-order valence-corrected chi connectivity index (χ4v) is 3.64. The SMILES string of the molecule is COC(=O)c1cc(Cl)ccc1Nc1ccc2c(c1)n(C)c(=O)n2Cc1ccccc1. The number of fused-ring (bicyclic) bond motifs is 1. The summed E-state index contributed by atoms with van der Waals surface area (Å²) in [6.07, 6.45) is 0. The van der Waals surface area contributed by atoms with Crippen LogP contribution in [0.2, 0.25) is 5.02 Å². The van der Waals surface area contributed by atoms with Gasteiger partial charge >= 0.3 is 11.7 Å². The van der Waals surface area contributed by atoms with Gasteiger partial charge in [0, 0.05) is 17.8 Å². The lowest BCUT2D eigenvalue weighted by molar-refractivity contribution is 0.0602. The summed E-state index contributed by atoms with van der Waals surface area (Å²) in [5.41, 5.74) is 4.23. The molecule has 4 rings (SSSR count). The molecule has 6 nitrogen and oxygen atoms in total. The Balaban J connectivity index is 1.73. The molecule has 0 unspecified atom stereocenters. The summed E-state index contributed by atoms with van der Waals surface area (Å²) in [5.74, 6) is -0.484. The molecule has 0 fully saturated rings. The average Bonchev–Trinajstić information content (AvgIpc) is 2.99. The first-order chi connectivity index (χ1) is 14.5. The highest BCUT2D eigenvalue weighted by molar-refractivity contribution is 6.31. The Morgan fingerprint density at radius 3 is 2.53 bits per heavy atom. The number of imidazole rings is 1. The standard InChI is InChI=1S/C23H20ClN3O3/c1-26-21-13-17(25-19-10-8-16(24)12-18(19)22(28)30-2)9-11-20(21)27(23(26)29)14-15-6-4-3-5-7-15/h3-13,25H,14H2,1-2H3.